The van der Waals surface area contributed by atoms with Crippen molar-refractivity contribution in [1.29, 1.82) is 0 Å². The molecular formula is C12H31N. The molecule has 0 aromatic rings. The fourth-order valence-corrected chi connectivity index (χ4v) is 0.790. The Morgan fingerprint density at radius 1 is 1.00 bits per heavy atom. The molecule has 1 atom stereocenters. The zero-order chi connectivity index (χ0) is 11.3. The summed E-state index contributed by atoms with van der Waals surface area (Å²) >= 11 is 0. The van der Waals surface area contributed by atoms with Gasteiger partial charge in [0.1, 0.15) is 0 Å². The molecule has 13 heavy (non-hydrogen) atoms. The van der Waals surface area contributed by atoms with Crippen LogP contribution in [0.15, 0.2) is 0 Å². The molecule has 84 valence electrons. The summed E-state index contributed by atoms with van der Waals surface area (Å²) in [5.74, 6) is 0.856. The lowest BCUT2D eigenvalue weighted by Crippen LogP contribution is -2.23. The maximum absolute atomic E-state index is 2.36. The first kappa shape index (κ1) is 18.7. The Bertz CT molecular complexity index is 54.1. The van der Waals surface area contributed by atoms with Crippen molar-refractivity contribution >= 4 is 0 Å². The third kappa shape index (κ3) is 18.7. The Balaban J connectivity index is -0.000000218. The van der Waals surface area contributed by atoms with E-state index in [1.807, 2.05) is 27.7 Å². The molecular weight excluding hydrogens is 158 g/mol. The van der Waals surface area contributed by atoms with E-state index in [4.69, 9.17) is 0 Å². The molecule has 0 saturated carbocycles. The molecule has 1 heteroatoms. The fourth-order valence-electron chi connectivity index (χ4n) is 0.790. The SMILES string of the molecule is CC.CC.CCC(C)CN(C)CC. The van der Waals surface area contributed by atoms with Crippen LogP contribution in [0.3, 0.4) is 0 Å². The number of hydrogen-bond acceptors (Lipinski definition) is 1. The first-order chi connectivity index (χ1) is 6.20. The van der Waals surface area contributed by atoms with Gasteiger partial charge in [-0.2, -0.15) is 0 Å². The fraction of sp³-hybridized carbons (Fsp3) is 1.00. The number of rotatable bonds is 4. The van der Waals surface area contributed by atoms with Crippen molar-refractivity contribution in [3.63, 3.8) is 0 Å². The zero-order valence-corrected chi connectivity index (χ0v) is 11.1. The van der Waals surface area contributed by atoms with Crippen molar-refractivity contribution < 1.29 is 0 Å². The van der Waals surface area contributed by atoms with Crippen LogP contribution in [0.4, 0.5) is 0 Å². The van der Waals surface area contributed by atoms with Crippen molar-refractivity contribution in [2.45, 2.75) is 54.9 Å². The van der Waals surface area contributed by atoms with Crippen LogP contribution in [0.25, 0.3) is 0 Å². The topological polar surface area (TPSA) is 3.24 Å². The Kier molecular flexibility index (Phi) is 25.7. The summed E-state index contributed by atoms with van der Waals surface area (Å²) in [5, 5.41) is 0. The van der Waals surface area contributed by atoms with Crippen LogP contribution >= 0.6 is 0 Å². The quantitative estimate of drug-likeness (QED) is 0.645. The Labute approximate surface area is 86.5 Å². The van der Waals surface area contributed by atoms with Gasteiger partial charge in [-0.15, -0.1) is 0 Å². The molecule has 0 aromatic carbocycles. The van der Waals surface area contributed by atoms with Gasteiger partial charge in [-0.3, -0.25) is 0 Å². The molecule has 0 amide bonds. The highest BCUT2D eigenvalue weighted by atomic mass is 15.1. The van der Waals surface area contributed by atoms with E-state index in [0.717, 1.165) is 5.92 Å². The molecule has 0 aliphatic rings. The summed E-state index contributed by atoms with van der Waals surface area (Å²) in [4.78, 5) is 2.36. The molecule has 0 rings (SSSR count). The molecule has 0 aliphatic carbocycles. The van der Waals surface area contributed by atoms with Crippen LogP contribution in [0, 0.1) is 5.92 Å². The minimum Gasteiger partial charge on any atom is -0.306 e. The zero-order valence-electron chi connectivity index (χ0n) is 11.1. The Hall–Kier alpha value is -0.0400. The molecule has 0 heterocycles. The van der Waals surface area contributed by atoms with Gasteiger partial charge in [-0.25, -0.2) is 0 Å². The van der Waals surface area contributed by atoms with Crippen molar-refractivity contribution in [1.82, 2.24) is 4.90 Å². The van der Waals surface area contributed by atoms with Gasteiger partial charge in [-0.1, -0.05) is 54.9 Å². The van der Waals surface area contributed by atoms with E-state index >= 15 is 0 Å². The van der Waals surface area contributed by atoms with Crippen molar-refractivity contribution in [2.75, 3.05) is 20.1 Å². The van der Waals surface area contributed by atoms with E-state index in [1.54, 1.807) is 0 Å². The van der Waals surface area contributed by atoms with Gasteiger partial charge in [0.15, 0.2) is 0 Å². The standard InChI is InChI=1S/C8H19N.2C2H6/c1-5-8(3)7-9(4)6-2;2*1-2/h8H,5-7H2,1-4H3;2*1-2H3. The van der Waals surface area contributed by atoms with Crippen molar-refractivity contribution in [2.24, 2.45) is 5.92 Å². The molecule has 0 saturated heterocycles. The third-order valence-electron chi connectivity index (χ3n) is 1.86. The smallest absolute Gasteiger partial charge is 0.000375 e. The summed E-state index contributed by atoms with van der Waals surface area (Å²) in [6, 6.07) is 0. The molecule has 0 bridgehead atoms. The second-order valence-electron chi connectivity index (χ2n) is 2.87. The summed E-state index contributed by atoms with van der Waals surface area (Å²) in [5.41, 5.74) is 0. The summed E-state index contributed by atoms with van der Waals surface area (Å²) in [6.45, 7) is 17.2. The second kappa shape index (κ2) is 17.9. The van der Waals surface area contributed by atoms with E-state index in [2.05, 4.69) is 32.7 Å². The molecule has 0 spiro atoms. The molecule has 1 unspecified atom stereocenters. The average Bonchev–Trinajstić information content (AvgIpc) is 2.23. The van der Waals surface area contributed by atoms with Crippen LogP contribution in [0.2, 0.25) is 0 Å². The molecule has 0 radical (unpaired) electrons. The van der Waals surface area contributed by atoms with E-state index < -0.39 is 0 Å². The largest absolute Gasteiger partial charge is 0.306 e. The van der Waals surface area contributed by atoms with Gasteiger partial charge in [-0.05, 0) is 19.5 Å². The average molecular weight is 189 g/mol. The van der Waals surface area contributed by atoms with Gasteiger partial charge < -0.3 is 4.90 Å². The lowest BCUT2D eigenvalue weighted by atomic mass is 10.1. The summed E-state index contributed by atoms with van der Waals surface area (Å²) < 4.78 is 0. The van der Waals surface area contributed by atoms with Gasteiger partial charge in [0.25, 0.3) is 0 Å². The molecule has 0 N–H and O–H groups in total. The molecule has 1 nitrogen and oxygen atoms in total. The Morgan fingerprint density at radius 3 is 1.62 bits per heavy atom. The van der Waals surface area contributed by atoms with Crippen LogP contribution in [0.1, 0.15) is 54.9 Å². The Morgan fingerprint density at radius 2 is 1.38 bits per heavy atom. The van der Waals surface area contributed by atoms with Crippen LogP contribution in [-0.4, -0.2) is 25.0 Å². The monoisotopic (exact) mass is 189 g/mol. The van der Waals surface area contributed by atoms with Gasteiger partial charge in [0.05, 0.1) is 0 Å². The highest BCUT2D eigenvalue weighted by Gasteiger charge is 2.00. The molecule has 0 aromatic heterocycles. The molecule has 0 aliphatic heterocycles. The predicted molar refractivity (Wildman–Crippen MR) is 65.3 cm³/mol. The van der Waals surface area contributed by atoms with Crippen molar-refractivity contribution in [3.05, 3.63) is 0 Å². The van der Waals surface area contributed by atoms with E-state index in [1.165, 1.54) is 19.5 Å². The van der Waals surface area contributed by atoms with E-state index in [9.17, 15) is 0 Å². The maximum atomic E-state index is 2.36. The minimum absolute atomic E-state index is 0.856. The lowest BCUT2D eigenvalue weighted by Gasteiger charge is -2.17. The first-order valence-corrected chi connectivity index (χ1v) is 5.89. The van der Waals surface area contributed by atoms with Gasteiger partial charge >= 0.3 is 0 Å². The lowest BCUT2D eigenvalue weighted by molar-refractivity contribution is 0.295. The minimum atomic E-state index is 0.856. The van der Waals surface area contributed by atoms with Crippen molar-refractivity contribution in [3.8, 4) is 0 Å². The van der Waals surface area contributed by atoms with Crippen LogP contribution in [-0.2, 0) is 0 Å². The van der Waals surface area contributed by atoms with Gasteiger partial charge in [0, 0.05) is 6.54 Å². The maximum Gasteiger partial charge on any atom is 0.000375 e. The van der Waals surface area contributed by atoms with E-state index in [0.29, 0.717) is 0 Å². The highest BCUT2D eigenvalue weighted by molar-refractivity contribution is 4.54. The number of nitrogens with zero attached hydrogens (tertiary/aromatic N) is 1. The predicted octanol–water partition coefficient (Wildman–Crippen LogP) is 4.04. The summed E-state index contributed by atoms with van der Waals surface area (Å²) in [7, 11) is 2.17. The second-order valence-corrected chi connectivity index (χ2v) is 2.87. The van der Waals surface area contributed by atoms with Gasteiger partial charge in [0.2, 0.25) is 0 Å². The highest BCUT2D eigenvalue weighted by Crippen LogP contribution is 2.01. The normalized spacial score (nSPS) is 10.8. The molecule has 0 fully saturated rings. The van der Waals surface area contributed by atoms with Crippen LogP contribution in [0.5, 0.6) is 0 Å². The first-order valence-electron chi connectivity index (χ1n) is 5.89. The summed E-state index contributed by atoms with van der Waals surface area (Å²) in [6.07, 6.45) is 1.30. The van der Waals surface area contributed by atoms with Crippen LogP contribution < -0.4 is 0 Å². The number of hydrogen-bond donors (Lipinski definition) is 0. The van der Waals surface area contributed by atoms with E-state index in [-0.39, 0.29) is 0 Å². The third-order valence-corrected chi connectivity index (χ3v) is 1.86.